The summed E-state index contributed by atoms with van der Waals surface area (Å²) in [5, 5.41) is 0. The Morgan fingerprint density at radius 3 is 2.47 bits per heavy atom. The van der Waals surface area contributed by atoms with E-state index in [1.165, 1.54) is 12.1 Å². The smallest absolute Gasteiger partial charge is 0.143 e. The van der Waals surface area contributed by atoms with Crippen LogP contribution in [-0.2, 0) is 6.42 Å². The molecule has 0 aliphatic carbocycles. The van der Waals surface area contributed by atoms with Crippen LogP contribution in [0.25, 0.3) is 0 Å². The van der Waals surface area contributed by atoms with Crippen molar-refractivity contribution in [2.45, 2.75) is 20.3 Å². The molecule has 0 unspecified atom stereocenters. The molecule has 0 radical (unpaired) electrons. The molecule has 4 heteroatoms. The highest BCUT2D eigenvalue weighted by molar-refractivity contribution is 9.10. The van der Waals surface area contributed by atoms with Crippen LogP contribution in [0.3, 0.4) is 0 Å². The summed E-state index contributed by atoms with van der Waals surface area (Å²) in [7, 11) is 0. The Morgan fingerprint density at radius 2 is 1.93 bits per heavy atom. The second-order valence-corrected chi connectivity index (χ2v) is 5.42. The van der Waals surface area contributed by atoms with Crippen molar-refractivity contribution in [1.29, 1.82) is 0 Å². The van der Waals surface area contributed by atoms with E-state index >= 15 is 0 Å². The third-order valence-corrected chi connectivity index (χ3v) is 3.49. The van der Waals surface area contributed by atoms with Gasteiger partial charge in [-0.25, -0.2) is 8.78 Å². The molecule has 0 amide bonds. The van der Waals surface area contributed by atoms with E-state index in [1.54, 1.807) is 0 Å². The zero-order valence-corrected chi connectivity index (χ0v) is 10.9. The summed E-state index contributed by atoms with van der Waals surface area (Å²) in [5.41, 5.74) is -0.223. The lowest BCUT2D eigenvalue weighted by atomic mass is 9.87. The van der Waals surface area contributed by atoms with Crippen molar-refractivity contribution in [2.75, 3.05) is 5.88 Å². The first-order valence-electron chi connectivity index (χ1n) is 4.56. The quantitative estimate of drug-likeness (QED) is 0.568. The number of benzene rings is 1. The molecule has 0 atom stereocenters. The van der Waals surface area contributed by atoms with Gasteiger partial charge in [0.15, 0.2) is 0 Å². The third kappa shape index (κ3) is 3.15. The summed E-state index contributed by atoms with van der Waals surface area (Å²) in [6, 6.07) is 2.62. The fraction of sp³-hybridized carbons (Fsp3) is 0.455. The lowest BCUT2D eigenvalue weighted by Gasteiger charge is -2.22. The standard InChI is InChI=1S/C11H12BrClF2/c1-11(2,6-13)5-7-9(14)4-3-8(12)10(7)15/h3-4H,5-6H2,1-2H3. The Morgan fingerprint density at radius 1 is 1.33 bits per heavy atom. The van der Waals surface area contributed by atoms with Crippen LogP contribution in [0.5, 0.6) is 0 Å². The number of halogens is 4. The zero-order chi connectivity index (χ0) is 11.6. The molecule has 0 N–H and O–H groups in total. The fourth-order valence-electron chi connectivity index (χ4n) is 1.26. The van der Waals surface area contributed by atoms with Crippen LogP contribution in [-0.4, -0.2) is 5.88 Å². The normalized spacial score (nSPS) is 11.9. The molecular formula is C11H12BrClF2. The predicted molar refractivity (Wildman–Crippen MR) is 62.3 cm³/mol. The first-order chi connectivity index (χ1) is 6.87. The average molecular weight is 298 g/mol. The lowest BCUT2D eigenvalue weighted by Crippen LogP contribution is -2.18. The van der Waals surface area contributed by atoms with Gasteiger partial charge in [0.25, 0.3) is 0 Å². The van der Waals surface area contributed by atoms with Crippen molar-refractivity contribution < 1.29 is 8.78 Å². The number of hydrogen-bond donors (Lipinski definition) is 0. The minimum Gasteiger partial charge on any atom is -0.207 e. The van der Waals surface area contributed by atoms with Crippen molar-refractivity contribution >= 4 is 27.5 Å². The van der Waals surface area contributed by atoms with Gasteiger partial charge in [0.2, 0.25) is 0 Å². The first kappa shape index (κ1) is 12.9. The molecule has 0 fully saturated rings. The summed E-state index contributed by atoms with van der Waals surface area (Å²) in [6.45, 7) is 3.75. The van der Waals surface area contributed by atoms with Crippen LogP contribution in [0.1, 0.15) is 19.4 Å². The molecule has 0 aliphatic rings. The number of rotatable bonds is 3. The molecule has 15 heavy (non-hydrogen) atoms. The van der Waals surface area contributed by atoms with E-state index in [0.29, 0.717) is 5.88 Å². The molecule has 0 bridgehead atoms. The Kier molecular flexibility index (Phi) is 4.13. The van der Waals surface area contributed by atoms with Crippen molar-refractivity contribution in [2.24, 2.45) is 5.41 Å². The maximum Gasteiger partial charge on any atom is 0.143 e. The van der Waals surface area contributed by atoms with E-state index in [-0.39, 0.29) is 21.9 Å². The van der Waals surface area contributed by atoms with Gasteiger partial charge in [-0.3, -0.25) is 0 Å². The van der Waals surface area contributed by atoms with E-state index in [4.69, 9.17) is 11.6 Å². The molecule has 0 heterocycles. The van der Waals surface area contributed by atoms with Crippen LogP contribution in [0.4, 0.5) is 8.78 Å². The molecule has 1 rings (SSSR count). The predicted octanol–water partition coefficient (Wildman–Crippen LogP) is 4.53. The Hall–Kier alpha value is -0.150. The van der Waals surface area contributed by atoms with E-state index in [1.807, 2.05) is 13.8 Å². The van der Waals surface area contributed by atoms with Gasteiger partial charge in [-0.2, -0.15) is 0 Å². The summed E-state index contributed by atoms with van der Waals surface area (Å²) in [4.78, 5) is 0. The van der Waals surface area contributed by atoms with Crippen molar-refractivity contribution in [3.05, 3.63) is 33.8 Å². The topological polar surface area (TPSA) is 0 Å². The summed E-state index contributed by atoms with van der Waals surface area (Å²) >= 11 is 8.77. The molecule has 0 aromatic heterocycles. The molecule has 0 spiro atoms. The van der Waals surface area contributed by atoms with Gasteiger partial charge >= 0.3 is 0 Å². The van der Waals surface area contributed by atoms with Gasteiger partial charge in [-0.1, -0.05) is 13.8 Å². The molecule has 1 aromatic carbocycles. The SMILES string of the molecule is CC(C)(CCl)Cc1c(F)ccc(Br)c1F. The minimum absolute atomic E-state index is 0.0926. The van der Waals surface area contributed by atoms with Crippen molar-refractivity contribution in [3.8, 4) is 0 Å². The number of alkyl halides is 1. The molecule has 0 nitrogen and oxygen atoms in total. The van der Waals surface area contributed by atoms with Crippen molar-refractivity contribution in [1.82, 2.24) is 0 Å². The molecule has 0 saturated carbocycles. The van der Waals surface area contributed by atoms with Crippen molar-refractivity contribution in [3.63, 3.8) is 0 Å². The van der Waals surface area contributed by atoms with Crippen LogP contribution >= 0.6 is 27.5 Å². The van der Waals surface area contributed by atoms with Crippen LogP contribution in [0.2, 0.25) is 0 Å². The lowest BCUT2D eigenvalue weighted by molar-refractivity contribution is 0.396. The van der Waals surface area contributed by atoms with E-state index < -0.39 is 11.6 Å². The second-order valence-electron chi connectivity index (χ2n) is 4.30. The summed E-state index contributed by atoms with van der Waals surface area (Å²) < 4.78 is 27.3. The first-order valence-corrected chi connectivity index (χ1v) is 5.88. The van der Waals surface area contributed by atoms with Gasteiger partial charge in [0.05, 0.1) is 4.47 Å². The monoisotopic (exact) mass is 296 g/mol. The van der Waals surface area contributed by atoms with Crippen LogP contribution in [0.15, 0.2) is 16.6 Å². The van der Waals surface area contributed by atoms with Crippen LogP contribution < -0.4 is 0 Å². The second kappa shape index (κ2) is 4.79. The van der Waals surface area contributed by atoms with Gasteiger partial charge < -0.3 is 0 Å². The average Bonchev–Trinajstić information content (AvgIpc) is 2.19. The third-order valence-electron chi connectivity index (χ3n) is 2.16. The Balaban J connectivity index is 3.09. The van der Waals surface area contributed by atoms with Gasteiger partial charge in [-0.15, -0.1) is 11.6 Å². The molecule has 0 saturated heterocycles. The summed E-state index contributed by atoms with van der Waals surface area (Å²) in [5.74, 6) is -0.694. The van der Waals surface area contributed by atoms with E-state index in [2.05, 4.69) is 15.9 Å². The van der Waals surface area contributed by atoms with Gasteiger partial charge in [0.1, 0.15) is 11.6 Å². The highest BCUT2D eigenvalue weighted by atomic mass is 79.9. The van der Waals surface area contributed by atoms with E-state index in [9.17, 15) is 8.78 Å². The summed E-state index contributed by atoms with van der Waals surface area (Å²) in [6.07, 6.45) is 0.285. The van der Waals surface area contributed by atoms with Crippen LogP contribution in [0, 0.1) is 17.0 Å². The maximum atomic E-state index is 13.6. The highest BCUT2D eigenvalue weighted by Crippen LogP contribution is 2.29. The number of hydrogen-bond acceptors (Lipinski definition) is 0. The Labute approximate surface area is 102 Å². The highest BCUT2D eigenvalue weighted by Gasteiger charge is 2.22. The van der Waals surface area contributed by atoms with E-state index in [0.717, 1.165) is 0 Å². The van der Waals surface area contributed by atoms with Gasteiger partial charge in [-0.05, 0) is 39.9 Å². The molecule has 1 aromatic rings. The maximum absolute atomic E-state index is 13.6. The zero-order valence-electron chi connectivity index (χ0n) is 8.58. The molecular weight excluding hydrogens is 285 g/mol. The fourth-order valence-corrected chi connectivity index (χ4v) is 1.72. The Bertz CT molecular complexity index is 364. The molecule has 84 valence electrons. The largest absolute Gasteiger partial charge is 0.207 e. The minimum atomic E-state index is -0.534. The van der Waals surface area contributed by atoms with Gasteiger partial charge in [0, 0.05) is 11.4 Å². The molecule has 0 aliphatic heterocycles.